The number of hydroxylamine groups is 1. The van der Waals surface area contributed by atoms with E-state index in [0.717, 1.165) is 7.05 Å². The highest BCUT2D eigenvalue weighted by molar-refractivity contribution is 7.94. The Balaban J connectivity index is 2.56. The maximum Gasteiger partial charge on any atom is 0.435 e. The smallest absolute Gasteiger partial charge is 0.417 e. The molecule has 1 aromatic heterocycles. The minimum atomic E-state index is -5.15. The van der Waals surface area contributed by atoms with Gasteiger partial charge in [0.15, 0.2) is 16.5 Å². The van der Waals surface area contributed by atoms with E-state index in [-0.39, 0.29) is 0 Å². The zero-order valence-corrected chi connectivity index (χ0v) is 14.3. The fourth-order valence-corrected chi connectivity index (χ4v) is 3.61. The molecule has 1 N–H and O–H groups in total. The van der Waals surface area contributed by atoms with Crippen molar-refractivity contribution >= 4 is 9.84 Å². The lowest BCUT2D eigenvalue weighted by molar-refractivity contribution is -0.142. The molecule has 0 saturated heterocycles. The Morgan fingerprint density at radius 3 is 2.35 bits per heavy atom. The van der Waals surface area contributed by atoms with E-state index in [2.05, 4.69) is 9.84 Å². The van der Waals surface area contributed by atoms with Crippen molar-refractivity contribution in [3.05, 3.63) is 22.1 Å². The SMILES string of the molecule is Cn1nc(C(F)(F)F)c(CS(=O)(=O)C2=C(F)C(C)(C)ON2)c1OC(F)F. The van der Waals surface area contributed by atoms with Crippen LogP contribution in [-0.4, -0.2) is 30.4 Å². The highest BCUT2D eigenvalue weighted by Crippen LogP contribution is 2.39. The van der Waals surface area contributed by atoms with Gasteiger partial charge < -0.3 is 4.74 Å². The van der Waals surface area contributed by atoms with E-state index in [4.69, 9.17) is 4.84 Å². The summed E-state index contributed by atoms with van der Waals surface area (Å²) >= 11 is 0. The molecule has 148 valence electrons. The van der Waals surface area contributed by atoms with Crippen LogP contribution in [0.4, 0.5) is 26.3 Å². The molecule has 1 aliphatic heterocycles. The highest BCUT2D eigenvalue weighted by atomic mass is 32.2. The van der Waals surface area contributed by atoms with Crippen molar-refractivity contribution in [3.8, 4) is 5.88 Å². The monoisotopic (exact) mass is 409 g/mol. The third-order valence-electron chi connectivity index (χ3n) is 3.33. The van der Waals surface area contributed by atoms with Gasteiger partial charge in [0, 0.05) is 7.05 Å². The average molecular weight is 409 g/mol. The van der Waals surface area contributed by atoms with Crippen molar-refractivity contribution in [1.82, 2.24) is 15.3 Å². The molecule has 0 aliphatic carbocycles. The first-order valence-electron chi connectivity index (χ1n) is 6.81. The van der Waals surface area contributed by atoms with Gasteiger partial charge >= 0.3 is 12.8 Å². The second-order valence-electron chi connectivity index (χ2n) is 5.75. The summed E-state index contributed by atoms with van der Waals surface area (Å²) < 4.78 is 107. The molecule has 0 fully saturated rings. The second-order valence-corrected chi connectivity index (χ2v) is 7.68. The lowest BCUT2D eigenvalue weighted by Gasteiger charge is -2.12. The molecule has 0 aromatic carbocycles. The van der Waals surface area contributed by atoms with E-state index >= 15 is 0 Å². The summed E-state index contributed by atoms with van der Waals surface area (Å²) in [6, 6.07) is 0. The molecule has 0 bridgehead atoms. The molecule has 0 spiro atoms. The van der Waals surface area contributed by atoms with Gasteiger partial charge in [-0.15, -0.1) is 0 Å². The zero-order chi connectivity index (χ0) is 20.1. The zero-order valence-electron chi connectivity index (χ0n) is 13.5. The maximum atomic E-state index is 14.1. The van der Waals surface area contributed by atoms with Crippen molar-refractivity contribution in [2.75, 3.05) is 0 Å². The fraction of sp³-hybridized carbons (Fsp3) is 0.583. The Kier molecular flexibility index (Phi) is 4.96. The molecule has 0 unspecified atom stereocenters. The van der Waals surface area contributed by atoms with Crippen LogP contribution in [0.5, 0.6) is 5.88 Å². The Bertz CT molecular complexity index is 844. The molecule has 2 rings (SSSR count). The average Bonchev–Trinajstić information content (AvgIpc) is 2.89. The molecule has 2 heterocycles. The molecule has 0 radical (unpaired) electrons. The van der Waals surface area contributed by atoms with Crippen LogP contribution in [0.15, 0.2) is 10.9 Å². The molecule has 7 nitrogen and oxygen atoms in total. The molecule has 1 aromatic rings. The van der Waals surface area contributed by atoms with E-state index in [9.17, 15) is 34.8 Å². The molecule has 1 aliphatic rings. The van der Waals surface area contributed by atoms with Crippen molar-refractivity contribution in [2.45, 2.75) is 38.0 Å². The van der Waals surface area contributed by atoms with Gasteiger partial charge in [0.25, 0.3) is 0 Å². The number of alkyl halides is 5. The van der Waals surface area contributed by atoms with Crippen LogP contribution in [0.25, 0.3) is 0 Å². The summed E-state index contributed by atoms with van der Waals surface area (Å²) in [6.07, 6.45) is -5.15. The number of hydrogen-bond donors (Lipinski definition) is 1. The minimum Gasteiger partial charge on any atom is -0.417 e. The van der Waals surface area contributed by atoms with Crippen molar-refractivity contribution in [3.63, 3.8) is 0 Å². The number of aromatic nitrogens is 2. The predicted molar refractivity (Wildman–Crippen MR) is 73.9 cm³/mol. The van der Waals surface area contributed by atoms with Crippen LogP contribution in [-0.2, 0) is 33.7 Å². The van der Waals surface area contributed by atoms with Gasteiger partial charge in [-0.1, -0.05) is 0 Å². The van der Waals surface area contributed by atoms with Crippen LogP contribution in [0.2, 0.25) is 0 Å². The van der Waals surface area contributed by atoms with Crippen LogP contribution < -0.4 is 10.2 Å². The fourth-order valence-electron chi connectivity index (χ4n) is 2.14. The molecular formula is C12H13F6N3O4S. The Morgan fingerprint density at radius 2 is 1.92 bits per heavy atom. The molecule has 0 amide bonds. The molecule has 0 saturated carbocycles. The molecule has 0 atom stereocenters. The number of ether oxygens (including phenoxy) is 1. The minimum absolute atomic E-state index is 0.326. The van der Waals surface area contributed by atoms with Crippen molar-refractivity contribution < 1.29 is 44.3 Å². The first kappa shape index (κ1) is 20.4. The lowest BCUT2D eigenvalue weighted by atomic mass is 10.1. The Hall–Kier alpha value is -1.96. The third kappa shape index (κ3) is 3.75. The first-order chi connectivity index (χ1) is 11.7. The van der Waals surface area contributed by atoms with Gasteiger partial charge in [-0.2, -0.15) is 27.1 Å². The van der Waals surface area contributed by atoms with Crippen LogP contribution >= 0.6 is 0 Å². The van der Waals surface area contributed by atoms with Gasteiger partial charge in [0.2, 0.25) is 15.7 Å². The summed E-state index contributed by atoms with van der Waals surface area (Å²) in [4.78, 5) is 4.71. The van der Waals surface area contributed by atoms with Crippen LogP contribution in [0.3, 0.4) is 0 Å². The maximum absolute atomic E-state index is 14.1. The number of hydrogen-bond acceptors (Lipinski definition) is 6. The molecule has 14 heteroatoms. The van der Waals surface area contributed by atoms with E-state index in [1.54, 1.807) is 5.48 Å². The number of sulfone groups is 1. The number of nitrogens with zero attached hydrogens (tertiary/aromatic N) is 2. The third-order valence-corrected chi connectivity index (χ3v) is 4.88. The topological polar surface area (TPSA) is 82.5 Å². The lowest BCUT2D eigenvalue weighted by Crippen LogP contribution is -2.23. The summed E-state index contributed by atoms with van der Waals surface area (Å²) in [5.41, 5.74) is -2.78. The number of rotatable bonds is 5. The van der Waals surface area contributed by atoms with E-state index in [1.807, 2.05) is 0 Å². The quantitative estimate of drug-likeness (QED) is 0.753. The van der Waals surface area contributed by atoms with Gasteiger partial charge in [-0.3, -0.25) is 10.3 Å². The van der Waals surface area contributed by atoms with Crippen LogP contribution in [0, 0.1) is 0 Å². The number of halogens is 6. The highest BCUT2D eigenvalue weighted by Gasteiger charge is 2.45. The van der Waals surface area contributed by atoms with Gasteiger partial charge in [-0.25, -0.2) is 17.5 Å². The summed E-state index contributed by atoms with van der Waals surface area (Å²) in [7, 11) is -3.91. The van der Waals surface area contributed by atoms with E-state index in [0.29, 0.717) is 4.68 Å². The largest absolute Gasteiger partial charge is 0.435 e. The number of nitrogens with one attached hydrogen (secondary N) is 1. The standard InChI is InChI=1S/C12H13F6N3O4S/c1-11(2)6(13)8(20-25-11)26(22,23)4-5-7(12(16,17)18)19-21(3)9(5)24-10(14)15/h10,20H,4H2,1-3H3. The summed E-state index contributed by atoms with van der Waals surface area (Å²) in [5.74, 6) is -3.87. The van der Waals surface area contributed by atoms with E-state index in [1.165, 1.54) is 13.8 Å². The van der Waals surface area contributed by atoms with Gasteiger partial charge in [0.1, 0.15) is 5.60 Å². The Labute approximate surface area is 143 Å². The predicted octanol–water partition coefficient (Wildman–Crippen LogP) is 2.41. The summed E-state index contributed by atoms with van der Waals surface area (Å²) in [5, 5.41) is 1.91. The van der Waals surface area contributed by atoms with Gasteiger partial charge in [-0.05, 0) is 13.8 Å². The van der Waals surface area contributed by atoms with Crippen LogP contribution in [0.1, 0.15) is 25.1 Å². The van der Waals surface area contributed by atoms with Crippen molar-refractivity contribution in [2.24, 2.45) is 7.05 Å². The molecular weight excluding hydrogens is 396 g/mol. The Morgan fingerprint density at radius 1 is 1.35 bits per heavy atom. The number of aryl methyl sites for hydroxylation is 1. The normalized spacial score (nSPS) is 17.8. The van der Waals surface area contributed by atoms with Gasteiger partial charge in [0.05, 0.1) is 11.3 Å². The summed E-state index contributed by atoms with van der Waals surface area (Å²) in [6.45, 7) is -1.18. The van der Waals surface area contributed by atoms with Crippen molar-refractivity contribution in [1.29, 1.82) is 0 Å². The molecule has 26 heavy (non-hydrogen) atoms. The second kappa shape index (κ2) is 6.33. The van der Waals surface area contributed by atoms with E-state index < -0.39 is 62.0 Å². The first-order valence-corrected chi connectivity index (χ1v) is 8.47.